The fourth-order valence-electron chi connectivity index (χ4n) is 3.00. The highest BCUT2D eigenvalue weighted by Gasteiger charge is 2.32. The first-order chi connectivity index (χ1) is 9.51. The van der Waals surface area contributed by atoms with Crippen LogP contribution in [0.3, 0.4) is 0 Å². The lowest BCUT2D eigenvalue weighted by molar-refractivity contribution is 0.517. The minimum absolute atomic E-state index is 0.195. The third-order valence-corrected chi connectivity index (χ3v) is 6.07. The van der Waals surface area contributed by atoms with E-state index in [-0.39, 0.29) is 11.8 Å². The number of anilines is 1. The first kappa shape index (κ1) is 15.3. The molecule has 0 aliphatic carbocycles. The molecular formula is C15H24N2O2S. The van der Waals surface area contributed by atoms with E-state index >= 15 is 0 Å². The maximum atomic E-state index is 12.4. The first-order valence-electron chi connectivity index (χ1n) is 7.29. The number of hydrogen-bond donors (Lipinski definition) is 1. The molecule has 0 radical (unpaired) electrons. The third-order valence-electron chi connectivity index (χ3n) is 4.11. The second-order valence-corrected chi connectivity index (χ2v) is 7.63. The average Bonchev–Trinajstić information content (AvgIpc) is 2.79. The summed E-state index contributed by atoms with van der Waals surface area (Å²) in [5, 5.41) is 0. The Labute approximate surface area is 121 Å². The van der Waals surface area contributed by atoms with Crippen molar-refractivity contribution in [3.63, 3.8) is 0 Å². The Kier molecular flexibility index (Phi) is 4.70. The van der Waals surface area contributed by atoms with Crippen LogP contribution in [0.2, 0.25) is 0 Å². The fourth-order valence-corrected chi connectivity index (χ4v) is 4.55. The molecule has 0 aromatic heterocycles. The molecule has 0 bridgehead atoms. The molecule has 4 nitrogen and oxygen atoms in total. The molecule has 0 saturated carbocycles. The largest absolute Gasteiger partial charge is 0.366 e. The quantitative estimate of drug-likeness (QED) is 0.903. The van der Waals surface area contributed by atoms with Crippen LogP contribution >= 0.6 is 0 Å². The van der Waals surface area contributed by atoms with Gasteiger partial charge in [0.15, 0.2) is 9.84 Å². The molecule has 2 atom stereocenters. The van der Waals surface area contributed by atoms with Crippen molar-refractivity contribution in [3.05, 3.63) is 24.3 Å². The van der Waals surface area contributed by atoms with E-state index in [2.05, 4.69) is 11.8 Å². The van der Waals surface area contributed by atoms with E-state index in [9.17, 15) is 8.42 Å². The number of rotatable bonds is 5. The zero-order chi connectivity index (χ0) is 14.8. The van der Waals surface area contributed by atoms with Gasteiger partial charge in [-0.05, 0) is 30.9 Å². The average molecular weight is 296 g/mol. The lowest BCUT2D eigenvalue weighted by Gasteiger charge is -2.29. The van der Waals surface area contributed by atoms with E-state index in [0.717, 1.165) is 18.7 Å². The van der Waals surface area contributed by atoms with Crippen LogP contribution in [0.4, 0.5) is 5.69 Å². The van der Waals surface area contributed by atoms with E-state index in [1.54, 1.807) is 12.1 Å². The van der Waals surface area contributed by atoms with Crippen molar-refractivity contribution in [1.29, 1.82) is 0 Å². The Morgan fingerprint density at radius 3 is 2.70 bits per heavy atom. The van der Waals surface area contributed by atoms with Crippen molar-refractivity contribution < 1.29 is 8.42 Å². The van der Waals surface area contributed by atoms with Crippen molar-refractivity contribution in [1.82, 2.24) is 0 Å². The zero-order valence-corrected chi connectivity index (χ0v) is 13.1. The van der Waals surface area contributed by atoms with Crippen LogP contribution < -0.4 is 10.6 Å². The summed E-state index contributed by atoms with van der Waals surface area (Å²) >= 11 is 0. The molecule has 1 saturated heterocycles. The Morgan fingerprint density at radius 1 is 1.35 bits per heavy atom. The summed E-state index contributed by atoms with van der Waals surface area (Å²) in [5.74, 6) is 0.697. The van der Waals surface area contributed by atoms with Gasteiger partial charge in [-0.3, -0.25) is 0 Å². The van der Waals surface area contributed by atoms with Gasteiger partial charge >= 0.3 is 0 Å². The Balaban J connectivity index is 2.43. The van der Waals surface area contributed by atoms with Crippen LogP contribution in [0, 0.1) is 5.92 Å². The van der Waals surface area contributed by atoms with Gasteiger partial charge in [0.2, 0.25) is 0 Å². The normalized spacial score (nSPS) is 23.2. The van der Waals surface area contributed by atoms with Crippen LogP contribution in [0.15, 0.2) is 29.2 Å². The number of sulfone groups is 1. The van der Waals surface area contributed by atoms with Crippen LogP contribution in [-0.2, 0) is 9.84 Å². The van der Waals surface area contributed by atoms with Gasteiger partial charge in [0.1, 0.15) is 0 Å². The molecule has 0 amide bonds. The summed E-state index contributed by atoms with van der Waals surface area (Å²) in [6, 6.07) is 7.55. The summed E-state index contributed by atoms with van der Waals surface area (Å²) < 4.78 is 24.9. The SMILES string of the molecule is CCCS(=O)(=O)c1ccccc1N1CCC(C)C1CN. The number of nitrogens with two attached hydrogens (primary N) is 1. The van der Waals surface area contributed by atoms with Gasteiger partial charge < -0.3 is 10.6 Å². The van der Waals surface area contributed by atoms with Gasteiger partial charge in [-0.1, -0.05) is 26.0 Å². The van der Waals surface area contributed by atoms with E-state index < -0.39 is 9.84 Å². The minimum atomic E-state index is -3.21. The highest BCUT2D eigenvalue weighted by molar-refractivity contribution is 7.91. The van der Waals surface area contributed by atoms with Crippen LogP contribution in [0.1, 0.15) is 26.7 Å². The molecule has 5 heteroatoms. The van der Waals surface area contributed by atoms with Gasteiger partial charge in [0.05, 0.1) is 16.3 Å². The number of hydrogen-bond acceptors (Lipinski definition) is 4. The number of nitrogens with zero attached hydrogens (tertiary/aromatic N) is 1. The van der Waals surface area contributed by atoms with Gasteiger partial charge in [-0.15, -0.1) is 0 Å². The highest BCUT2D eigenvalue weighted by atomic mass is 32.2. The molecule has 1 aliphatic heterocycles. The van der Waals surface area contributed by atoms with E-state index in [1.807, 2.05) is 19.1 Å². The van der Waals surface area contributed by atoms with Crippen molar-refractivity contribution in [3.8, 4) is 0 Å². The topological polar surface area (TPSA) is 63.4 Å². The fraction of sp³-hybridized carbons (Fsp3) is 0.600. The Hall–Kier alpha value is -1.07. The van der Waals surface area contributed by atoms with Gasteiger partial charge in [-0.2, -0.15) is 0 Å². The molecule has 2 rings (SSSR count). The molecule has 1 aromatic rings. The molecule has 1 aromatic carbocycles. The maximum absolute atomic E-state index is 12.4. The zero-order valence-electron chi connectivity index (χ0n) is 12.2. The predicted molar refractivity (Wildman–Crippen MR) is 82.8 cm³/mol. The molecule has 1 fully saturated rings. The second-order valence-electron chi connectivity index (χ2n) is 5.55. The summed E-state index contributed by atoms with van der Waals surface area (Å²) in [7, 11) is -3.21. The number of para-hydroxylation sites is 1. The molecule has 2 N–H and O–H groups in total. The lowest BCUT2D eigenvalue weighted by atomic mass is 10.0. The standard InChI is InChI=1S/C15H24N2O2S/c1-3-10-20(18,19)15-7-5-4-6-13(15)17-9-8-12(2)14(17)11-16/h4-7,12,14H,3,8-11,16H2,1-2H3. The maximum Gasteiger partial charge on any atom is 0.180 e. The summed E-state index contributed by atoms with van der Waals surface area (Å²) in [6.45, 7) is 5.51. The summed E-state index contributed by atoms with van der Waals surface area (Å²) in [4.78, 5) is 2.63. The molecule has 1 aliphatic rings. The third kappa shape index (κ3) is 2.83. The van der Waals surface area contributed by atoms with Crippen LogP contribution in [0.25, 0.3) is 0 Å². The van der Waals surface area contributed by atoms with Gasteiger partial charge in [0.25, 0.3) is 0 Å². The second kappa shape index (κ2) is 6.14. The predicted octanol–water partition coefficient (Wildman–Crippen LogP) is 2.04. The van der Waals surface area contributed by atoms with E-state index in [1.165, 1.54) is 0 Å². The monoisotopic (exact) mass is 296 g/mol. The summed E-state index contributed by atoms with van der Waals surface area (Å²) in [6.07, 6.45) is 1.69. The van der Waals surface area contributed by atoms with E-state index in [4.69, 9.17) is 5.73 Å². The van der Waals surface area contributed by atoms with Crippen molar-refractivity contribution in [2.75, 3.05) is 23.7 Å². The lowest BCUT2D eigenvalue weighted by Crippen LogP contribution is -2.39. The molecule has 0 spiro atoms. The van der Waals surface area contributed by atoms with Crippen molar-refractivity contribution in [2.24, 2.45) is 11.7 Å². The molecule has 2 unspecified atom stereocenters. The van der Waals surface area contributed by atoms with E-state index in [0.29, 0.717) is 23.8 Å². The van der Waals surface area contributed by atoms with Crippen molar-refractivity contribution in [2.45, 2.75) is 37.6 Å². The van der Waals surface area contributed by atoms with Crippen LogP contribution in [-0.4, -0.2) is 33.3 Å². The molecule has 1 heterocycles. The van der Waals surface area contributed by atoms with Gasteiger partial charge in [0, 0.05) is 19.1 Å². The Bertz CT molecular complexity index is 557. The summed E-state index contributed by atoms with van der Waals surface area (Å²) in [5.41, 5.74) is 6.70. The van der Waals surface area contributed by atoms with Crippen LogP contribution in [0.5, 0.6) is 0 Å². The van der Waals surface area contributed by atoms with Gasteiger partial charge in [-0.25, -0.2) is 8.42 Å². The first-order valence-corrected chi connectivity index (χ1v) is 8.95. The van der Waals surface area contributed by atoms with Crippen molar-refractivity contribution >= 4 is 15.5 Å². The highest BCUT2D eigenvalue weighted by Crippen LogP contribution is 2.34. The minimum Gasteiger partial charge on any atom is -0.366 e. The molecular weight excluding hydrogens is 272 g/mol. The molecule has 112 valence electrons. The Morgan fingerprint density at radius 2 is 2.05 bits per heavy atom. The molecule has 20 heavy (non-hydrogen) atoms. The number of benzene rings is 1. The smallest absolute Gasteiger partial charge is 0.180 e.